The molecule has 1 rings (SSSR count). The summed E-state index contributed by atoms with van der Waals surface area (Å²) in [5.41, 5.74) is 0. The van der Waals surface area contributed by atoms with Gasteiger partial charge in [-0.15, -0.1) is 0 Å². The Balaban J connectivity index is 1.78. The van der Waals surface area contributed by atoms with E-state index in [4.69, 9.17) is 9.84 Å². The second-order valence-electron chi connectivity index (χ2n) is 3.60. The minimum absolute atomic E-state index is 0.177. The first-order valence-corrected chi connectivity index (χ1v) is 5.14. The standard InChI is InChI=1S/C10H20O2/c1-2-3-4-5-6-7-9-10(8-11)12-9/h9-11H,2-8H2,1H3/t9-,10?/m0/s1. The van der Waals surface area contributed by atoms with Crippen LogP contribution in [-0.2, 0) is 4.74 Å². The maximum Gasteiger partial charge on any atom is 0.107 e. The largest absolute Gasteiger partial charge is 0.394 e. The summed E-state index contributed by atoms with van der Waals surface area (Å²) in [5.74, 6) is 0. The Labute approximate surface area is 74.9 Å². The molecule has 0 aromatic heterocycles. The van der Waals surface area contributed by atoms with Crippen LogP contribution < -0.4 is 0 Å². The van der Waals surface area contributed by atoms with E-state index in [-0.39, 0.29) is 12.7 Å². The zero-order valence-electron chi connectivity index (χ0n) is 7.96. The molecule has 2 heteroatoms. The van der Waals surface area contributed by atoms with Crippen molar-refractivity contribution in [3.05, 3.63) is 0 Å². The lowest BCUT2D eigenvalue weighted by Gasteiger charge is -1.96. The Bertz CT molecular complexity index is 114. The number of aliphatic hydroxyl groups excluding tert-OH is 1. The van der Waals surface area contributed by atoms with Crippen LogP contribution in [0.5, 0.6) is 0 Å². The number of hydrogen-bond acceptors (Lipinski definition) is 2. The number of epoxide rings is 1. The van der Waals surface area contributed by atoms with Gasteiger partial charge in [-0.25, -0.2) is 0 Å². The molecule has 0 saturated carbocycles. The van der Waals surface area contributed by atoms with Crippen molar-refractivity contribution in [2.75, 3.05) is 6.61 Å². The minimum atomic E-state index is 0.177. The van der Waals surface area contributed by atoms with E-state index in [2.05, 4.69) is 6.92 Å². The van der Waals surface area contributed by atoms with Crippen molar-refractivity contribution >= 4 is 0 Å². The zero-order valence-corrected chi connectivity index (χ0v) is 7.96. The normalized spacial score (nSPS) is 27.5. The van der Waals surface area contributed by atoms with Crippen LogP contribution in [0.15, 0.2) is 0 Å². The molecule has 1 aliphatic heterocycles. The first kappa shape index (κ1) is 10.0. The first-order chi connectivity index (χ1) is 5.88. The lowest BCUT2D eigenvalue weighted by Crippen LogP contribution is -1.98. The van der Waals surface area contributed by atoms with E-state index in [1.807, 2.05) is 0 Å². The lowest BCUT2D eigenvalue weighted by molar-refractivity contribution is 0.241. The van der Waals surface area contributed by atoms with Gasteiger partial charge in [0.2, 0.25) is 0 Å². The van der Waals surface area contributed by atoms with Gasteiger partial charge in [-0.1, -0.05) is 39.0 Å². The SMILES string of the molecule is CCCCCCC[C@@H]1OC1CO. The number of ether oxygens (including phenoxy) is 1. The Morgan fingerprint density at radius 3 is 2.42 bits per heavy atom. The van der Waals surface area contributed by atoms with Gasteiger partial charge in [-0.05, 0) is 6.42 Å². The highest BCUT2D eigenvalue weighted by atomic mass is 16.6. The van der Waals surface area contributed by atoms with Gasteiger partial charge < -0.3 is 9.84 Å². The van der Waals surface area contributed by atoms with Gasteiger partial charge in [0.1, 0.15) is 6.10 Å². The maximum atomic E-state index is 8.69. The highest BCUT2D eigenvalue weighted by Gasteiger charge is 2.36. The highest BCUT2D eigenvalue weighted by Crippen LogP contribution is 2.26. The molecule has 0 amide bonds. The van der Waals surface area contributed by atoms with Crippen molar-refractivity contribution in [3.8, 4) is 0 Å². The number of rotatable bonds is 7. The predicted octanol–water partition coefficient (Wildman–Crippen LogP) is 2.11. The molecular formula is C10H20O2. The highest BCUT2D eigenvalue weighted by molar-refractivity contribution is 4.83. The van der Waals surface area contributed by atoms with Gasteiger partial charge in [-0.3, -0.25) is 0 Å². The fourth-order valence-electron chi connectivity index (χ4n) is 1.54. The molecule has 0 spiro atoms. The molecule has 0 bridgehead atoms. The second kappa shape index (κ2) is 5.55. The Kier molecular flexibility index (Phi) is 4.62. The first-order valence-electron chi connectivity index (χ1n) is 5.14. The van der Waals surface area contributed by atoms with E-state index in [1.54, 1.807) is 0 Å². The second-order valence-corrected chi connectivity index (χ2v) is 3.60. The van der Waals surface area contributed by atoms with E-state index in [0.29, 0.717) is 6.10 Å². The predicted molar refractivity (Wildman–Crippen MR) is 49.1 cm³/mol. The van der Waals surface area contributed by atoms with Gasteiger partial charge in [0, 0.05) is 0 Å². The van der Waals surface area contributed by atoms with Crippen LogP contribution in [0.25, 0.3) is 0 Å². The van der Waals surface area contributed by atoms with E-state index in [0.717, 1.165) is 6.42 Å². The Morgan fingerprint density at radius 2 is 1.83 bits per heavy atom. The molecule has 1 N–H and O–H groups in total. The van der Waals surface area contributed by atoms with Crippen molar-refractivity contribution in [1.29, 1.82) is 0 Å². The summed E-state index contributed by atoms with van der Waals surface area (Å²) in [7, 11) is 0. The molecule has 1 heterocycles. The molecule has 0 aromatic carbocycles. The smallest absolute Gasteiger partial charge is 0.107 e. The molecule has 0 aliphatic carbocycles. The lowest BCUT2D eigenvalue weighted by atomic mass is 10.1. The van der Waals surface area contributed by atoms with Crippen LogP contribution in [0.2, 0.25) is 0 Å². The van der Waals surface area contributed by atoms with Gasteiger partial charge in [0.25, 0.3) is 0 Å². The topological polar surface area (TPSA) is 32.8 Å². The molecule has 1 unspecified atom stereocenters. The fourth-order valence-corrected chi connectivity index (χ4v) is 1.54. The average molecular weight is 172 g/mol. The van der Waals surface area contributed by atoms with Crippen LogP contribution in [0.4, 0.5) is 0 Å². The minimum Gasteiger partial charge on any atom is -0.394 e. The van der Waals surface area contributed by atoms with Crippen LogP contribution in [0.1, 0.15) is 45.4 Å². The Hall–Kier alpha value is -0.0800. The number of unbranched alkanes of at least 4 members (excludes halogenated alkanes) is 4. The quantitative estimate of drug-likeness (QED) is 0.471. The number of hydrogen-bond donors (Lipinski definition) is 1. The van der Waals surface area contributed by atoms with Gasteiger partial charge in [0.15, 0.2) is 0 Å². The van der Waals surface area contributed by atoms with Crippen LogP contribution in [0, 0.1) is 0 Å². The van der Waals surface area contributed by atoms with Gasteiger partial charge in [-0.2, -0.15) is 0 Å². The summed E-state index contributed by atoms with van der Waals surface area (Å²) in [5, 5.41) is 8.69. The fraction of sp³-hybridized carbons (Fsp3) is 1.00. The summed E-state index contributed by atoms with van der Waals surface area (Å²) >= 11 is 0. The van der Waals surface area contributed by atoms with Crippen LogP contribution in [-0.4, -0.2) is 23.9 Å². The molecular weight excluding hydrogens is 152 g/mol. The third kappa shape index (κ3) is 3.55. The average Bonchev–Trinajstić information content (AvgIpc) is 2.83. The van der Waals surface area contributed by atoms with Crippen molar-refractivity contribution < 1.29 is 9.84 Å². The molecule has 1 aliphatic rings. The van der Waals surface area contributed by atoms with Gasteiger partial charge >= 0.3 is 0 Å². The van der Waals surface area contributed by atoms with Crippen molar-refractivity contribution in [2.45, 2.75) is 57.7 Å². The van der Waals surface area contributed by atoms with E-state index < -0.39 is 0 Å². The zero-order chi connectivity index (χ0) is 8.81. The summed E-state index contributed by atoms with van der Waals surface area (Å²) in [4.78, 5) is 0. The van der Waals surface area contributed by atoms with Crippen molar-refractivity contribution in [3.63, 3.8) is 0 Å². The molecule has 0 radical (unpaired) electrons. The Morgan fingerprint density at radius 1 is 1.08 bits per heavy atom. The molecule has 1 saturated heterocycles. The monoisotopic (exact) mass is 172 g/mol. The van der Waals surface area contributed by atoms with Gasteiger partial charge in [0.05, 0.1) is 12.7 Å². The molecule has 1 fully saturated rings. The van der Waals surface area contributed by atoms with Crippen LogP contribution >= 0.6 is 0 Å². The summed E-state index contributed by atoms with van der Waals surface area (Å²) in [6, 6.07) is 0. The third-order valence-corrected chi connectivity index (χ3v) is 2.46. The molecule has 72 valence electrons. The van der Waals surface area contributed by atoms with Crippen LogP contribution in [0.3, 0.4) is 0 Å². The van der Waals surface area contributed by atoms with E-state index in [1.165, 1.54) is 32.1 Å². The molecule has 12 heavy (non-hydrogen) atoms. The van der Waals surface area contributed by atoms with E-state index in [9.17, 15) is 0 Å². The van der Waals surface area contributed by atoms with Crippen molar-refractivity contribution in [2.24, 2.45) is 0 Å². The molecule has 0 aromatic rings. The molecule has 2 nitrogen and oxygen atoms in total. The van der Waals surface area contributed by atoms with E-state index >= 15 is 0 Å². The summed E-state index contributed by atoms with van der Waals surface area (Å²) in [6.07, 6.45) is 8.32. The summed E-state index contributed by atoms with van der Waals surface area (Å²) in [6.45, 7) is 2.44. The third-order valence-electron chi connectivity index (χ3n) is 2.46. The number of aliphatic hydroxyl groups is 1. The molecule has 2 atom stereocenters. The maximum absolute atomic E-state index is 8.69. The van der Waals surface area contributed by atoms with Crippen molar-refractivity contribution in [1.82, 2.24) is 0 Å². The summed E-state index contributed by atoms with van der Waals surface area (Å²) < 4.78 is 5.22.